The maximum absolute atomic E-state index is 15.3. The van der Waals surface area contributed by atoms with Crippen molar-refractivity contribution in [3.8, 4) is 11.3 Å². The van der Waals surface area contributed by atoms with Crippen LogP contribution in [0, 0.1) is 12.7 Å². The lowest BCUT2D eigenvalue weighted by molar-refractivity contribution is -0.118. The third kappa shape index (κ3) is 4.42. The fourth-order valence-electron chi connectivity index (χ4n) is 4.51. The molecule has 35 heavy (non-hydrogen) atoms. The Hall–Kier alpha value is -3.62. The van der Waals surface area contributed by atoms with Crippen molar-refractivity contribution < 1.29 is 13.9 Å². The highest BCUT2D eigenvalue weighted by Crippen LogP contribution is 2.36. The molecule has 5 rings (SSSR count). The van der Waals surface area contributed by atoms with E-state index in [1.807, 2.05) is 18.2 Å². The van der Waals surface area contributed by atoms with Crippen molar-refractivity contribution in [1.82, 2.24) is 15.0 Å². The van der Waals surface area contributed by atoms with E-state index in [9.17, 15) is 4.79 Å². The maximum atomic E-state index is 15.3. The van der Waals surface area contributed by atoms with Crippen molar-refractivity contribution in [2.24, 2.45) is 5.73 Å². The molecule has 2 aromatic carbocycles. The van der Waals surface area contributed by atoms with Crippen molar-refractivity contribution in [2.75, 3.05) is 31.2 Å². The van der Waals surface area contributed by atoms with Gasteiger partial charge in [-0.25, -0.2) is 14.4 Å². The molecule has 1 aliphatic rings. The molecule has 1 atom stereocenters. The summed E-state index contributed by atoms with van der Waals surface area (Å²) in [7, 11) is 0. The molecule has 2 aromatic heterocycles. The Kier molecular flexibility index (Phi) is 6.32. The summed E-state index contributed by atoms with van der Waals surface area (Å²) >= 11 is 6.33. The van der Waals surface area contributed by atoms with Gasteiger partial charge >= 0.3 is 0 Å². The number of fused-ring (bicyclic) bond motifs is 1. The van der Waals surface area contributed by atoms with Gasteiger partial charge in [0, 0.05) is 35.9 Å². The predicted molar refractivity (Wildman–Crippen MR) is 133 cm³/mol. The van der Waals surface area contributed by atoms with E-state index < -0.39 is 17.6 Å². The molecular formula is C26H23ClFN5O2. The zero-order chi connectivity index (χ0) is 24.5. The Labute approximate surface area is 206 Å². The van der Waals surface area contributed by atoms with Crippen molar-refractivity contribution in [2.45, 2.75) is 12.8 Å². The Morgan fingerprint density at radius 3 is 2.69 bits per heavy atom. The van der Waals surface area contributed by atoms with Gasteiger partial charge in [-0.2, -0.15) is 0 Å². The quantitative estimate of drug-likeness (QED) is 0.448. The van der Waals surface area contributed by atoms with Crippen LogP contribution in [0.2, 0.25) is 5.02 Å². The first kappa shape index (κ1) is 23.1. The minimum Gasteiger partial charge on any atom is -0.378 e. The van der Waals surface area contributed by atoms with Crippen molar-refractivity contribution in [3.63, 3.8) is 0 Å². The van der Waals surface area contributed by atoms with Crippen LogP contribution >= 0.6 is 11.6 Å². The molecule has 178 valence electrons. The summed E-state index contributed by atoms with van der Waals surface area (Å²) in [4.78, 5) is 27.9. The number of aryl methyl sites for hydroxylation is 1. The number of hydrogen-bond donors (Lipinski definition) is 1. The number of primary amides is 1. The summed E-state index contributed by atoms with van der Waals surface area (Å²) in [6.45, 7) is 4.66. The number of aromatic nitrogens is 3. The lowest BCUT2D eigenvalue weighted by Gasteiger charge is -2.29. The molecular weight excluding hydrogens is 469 g/mol. The van der Waals surface area contributed by atoms with E-state index in [0.29, 0.717) is 51.7 Å². The lowest BCUT2D eigenvalue weighted by atomic mass is 9.88. The topological polar surface area (TPSA) is 94.2 Å². The minimum atomic E-state index is -0.941. The number of pyridine rings is 1. The molecule has 1 amide bonds. The minimum absolute atomic E-state index is 0.246. The van der Waals surface area contributed by atoms with Gasteiger partial charge in [0.1, 0.15) is 18.1 Å². The number of rotatable bonds is 5. The maximum Gasteiger partial charge on any atom is 0.231 e. The average Bonchev–Trinajstić information content (AvgIpc) is 2.86. The molecule has 2 N–H and O–H groups in total. The number of nitrogens with two attached hydrogens (primary N) is 1. The molecule has 7 nitrogen and oxygen atoms in total. The van der Waals surface area contributed by atoms with E-state index in [0.717, 1.165) is 18.8 Å². The summed E-state index contributed by atoms with van der Waals surface area (Å²) in [5, 5.41) is 1.01. The van der Waals surface area contributed by atoms with Crippen LogP contribution in [-0.4, -0.2) is 47.2 Å². The van der Waals surface area contributed by atoms with E-state index in [1.165, 1.54) is 12.4 Å². The van der Waals surface area contributed by atoms with Crippen LogP contribution in [0.3, 0.4) is 0 Å². The molecule has 1 saturated heterocycles. The van der Waals surface area contributed by atoms with E-state index in [1.54, 1.807) is 31.3 Å². The van der Waals surface area contributed by atoms with Crippen LogP contribution in [0.4, 0.5) is 10.1 Å². The fourth-order valence-corrected chi connectivity index (χ4v) is 4.74. The first-order valence-electron chi connectivity index (χ1n) is 11.2. The van der Waals surface area contributed by atoms with E-state index in [4.69, 9.17) is 22.1 Å². The molecule has 3 heterocycles. The molecule has 1 aliphatic heterocycles. The summed E-state index contributed by atoms with van der Waals surface area (Å²) in [5.74, 6) is -2.03. The molecule has 0 radical (unpaired) electrons. The van der Waals surface area contributed by atoms with Crippen LogP contribution in [-0.2, 0) is 9.53 Å². The molecule has 0 saturated carbocycles. The summed E-state index contributed by atoms with van der Waals surface area (Å²) < 4.78 is 20.8. The first-order chi connectivity index (χ1) is 16.9. The Morgan fingerprint density at radius 1 is 1.14 bits per heavy atom. The summed E-state index contributed by atoms with van der Waals surface area (Å²) in [6, 6.07) is 12.2. The van der Waals surface area contributed by atoms with Crippen molar-refractivity contribution >= 4 is 34.1 Å². The third-order valence-electron chi connectivity index (χ3n) is 6.26. The molecule has 9 heteroatoms. The number of carbonyl (C=O) groups excluding carboxylic acids is 1. The molecule has 4 aromatic rings. The van der Waals surface area contributed by atoms with Gasteiger partial charge in [-0.15, -0.1) is 0 Å². The van der Waals surface area contributed by atoms with Gasteiger partial charge in [-0.3, -0.25) is 9.78 Å². The van der Waals surface area contributed by atoms with Gasteiger partial charge in [0.2, 0.25) is 5.91 Å². The molecule has 0 aliphatic carbocycles. The van der Waals surface area contributed by atoms with Crippen LogP contribution < -0.4 is 10.6 Å². The number of carbonyl (C=O) groups is 1. The molecule has 0 spiro atoms. The van der Waals surface area contributed by atoms with E-state index in [2.05, 4.69) is 19.9 Å². The predicted octanol–water partition coefficient (Wildman–Crippen LogP) is 4.25. The fraction of sp³-hybridized carbons (Fsp3) is 0.231. The van der Waals surface area contributed by atoms with Crippen molar-refractivity contribution in [3.05, 3.63) is 82.6 Å². The standard InChI is InChI=1S/C26H23ClFN5O2/c1-15-11-21(28)19(13-18(15)23(26(29)34)25-20(27)3-2-6-30-25)24-17-5-4-16(12-22(17)31-14-32-24)33-7-9-35-10-8-33/h2-6,11-14,23H,7-10H2,1H3,(H2,29,34). The van der Waals surface area contributed by atoms with E-state index >= 15 is 4.39 Å². The van der Waals surface area contributed by atoms with Gasteiger partial charge in [0.25, 0.3) is 0 Å². The molecule has 0 bridgehead atoms. The van der Waals surface area contributed by atoms with Gasteiger partial charge in [0.15, 0.2) is 0 Å². The largest absolute Gasteiger partial charge is 0.378 e. The smallest absolute Gasteiger partial charge is 0.231 e. The normalized spacial score (nSPS) is 14.8. The van der Waals surface area contributed by atoms with Crippen LogP contribution in [0.25, 0.3) is 22.2 Å². The second-order valence-corrected chi connectivity index (χ2v) is 8.82. The zero-order valence-corrected chi connectivity index (χ0v) is 19.8. The summed E-state index contributed by atoms with van der Waals surface area (Å²) in [6.07, 6.45) is 2.96. The van der Waals surface area contributed by atoms with Crippen LogP contribution in [0.15, 0.2) is 55.0 Å². The Bertz CT molecular complexity index is 1420. The highest BCUT2D eigenvalue weighted by molar-refractivity contribution is 6.31. The number of halogens is 2. The van der Waals surface area contributed by atoms with E-state index in [-0.39, 0.29) is 5.56 Å². The monoisotopic (exact) mass is 491 g/mol. The first-order valence-corrected chi connectivity index (χ1v) is 11.6. The number of ether oxygens (including phenoxy) is 1. The second kappa shape index (κ2) is 9.56. The zero-order valence-electron chi connectivity index (χ0n) is 19.0. The number of amides is 1. The number of benzene rings is 2. The summed E-state index contributed by atoms with van der Waals surface area (Å²) in [5.41, 5.74) is 9.57. The van der Waals surface area contributed by atoms with Crippen molar-refractivity contribution in [1.29, 1.82) is 0 Å². The SMILES string of the molecule is Cc1cc(F)c(-c2ncnc3cc(N4CCOCC4)ccc23)cc1C(C(N)=O)c1ncccc1Cl. The average molecular weight is 492 g/mol. The number of hydrogen-bond acceptors (Lipinski definition) is 6. The lowest BCUT2D eigenvalue weighted by Crippen LogP contribution is -2.36. The Morgan fingerprint density at radius 2 is 1.94 bits per heavy atom. The molecule has 1 unspecified atom stereocenters. The number of nitrogens with zero attached hydrogens (tertiary/aromatic N) is 4. The van der Waals surface area contributed by atoms with Gasteiger partial charge in [-0.05, 0) is 60.5 Å². The van der Waals surface area contributed by atoms with Crippen LogP contribution in [0.1, 0.15) is 22.7 Å². The highest BCUT2D eigenvalue weighted by atomic mass is 35.5. The van der Waals surface area contributed by atoms with Crippen LogP contribution in [0.5, 0.6) is 0 Å². The number of morpholine rings is 1. The van der Waals surface area contributed by atoms with Gasteiger partial charge in [-0.1, -0.05) is 11.6 Å². The highest BCUT2D eigenvalue weighted by Gasteiger charge is 2.27. The van der Waals surface area contributed by atoms with Gasteiger partial charge in [0.05, 0.1) is 35.1 Å². The third-order valence-corrected chi connectivity index (χ3v) is 6.58. The molecule has 1 fully saturated rings. The van der Waals surface area contributed by atoms with Gasteiger partial charge < -0.3 is 15.4 Å². The second-order valence-electron chi connectivity index (χ2n) is 8.42. The number of anilines is 1. The Balaban J connectivity index is 1.63.